The number of aromatic nitrogens is 2. The van der Waals surface area contributed by atoms with Crippen molar-refractivity contribution >= 4 is 15.9 Å². The molecule has 3 aromatic carbocycles. The van der Waals surface area contributed by atoms with Crippen molar-refractivity contribution in [1.82, 2.24) is 9.55 Å². The van der Waals surface area contributed by atoms with Crippen LogP contribution in [0.15, 0.2) is 108 Å². The highest BCUT2D eigenvalue weighted by molar-refractivity contribution is 7.87. The molecule has 9 nitrogen and oxygen atoms in total. The lowest BCUT2D eigenvalue weighted by Crippen LogP contribution is -2.40. The molecule has 1 fully saturated rings. The minimum absolute atomic E-state index is 0.0695. The van der Waals surface area contributed by atoms with Crippen LogP contribution in [0.1, 0.15) is 29.3 Å². The lowest BCUT2D eigenvalue weighted by Gasteiger charge is -2.37. The van der Waals surface area contributed by atoms with Gasteiger partial charge in [-0.05, 0) is 22.8 Å². The summed E-state index contributed by atoms with van der Waals surface area (Å²) in [7, 11) is -6.01. The van der Waals surface area contributed by atoms with E-state index in [1.54, 1.807) is 0 Å². The van der Waals surface area contributed by atoms with Gasteiger partial charge in [0.05, 0.1) is 6.61 Å². The van der Waals surface area contributed by atoms with Crippen LogP contribution in [0.5, 0.6) is 0 Å². The van der Waals surface area contributed by atoms with Gasteiger partial charge in [0.25, 0.3) is 0 Å². The molecule has 0 aliphatic carbocycles. The second kappa shape index (κ2) is 11.7. The molecule has 2 heterocycles. The molecule has 1 aliphatic heterocycles. The minimum Gasteiger partial charge on any atom is -0.383 e. The molecule has 220 valence electrons. The largest absolute Gasteiger partial charge is 0.523 e. The second-order valence-electron chi connectivity index (χ2n) is 9.53. The van der Waals surface area contributed by atoms with E-state index < -0.39 is 58.4 Å². The number of hydrogen-bond donors (Lipinski definition) is 1. The Morgan fingerprint density at radius 1 is 0.881 bits per heavy atom. The fourth-order valence-electron chi connectivity index (χ4n) is 4.96. The van der Waals surface area contributed by atoms with E-state index in [0.29, 0.717) is 16.7 Å². The van der Waals surface area contributed by atoms with Crippen LogP contribution in [0.4, 0.5) is 19.0 Å². The summed E-state index contributed by atoms with van der Waals surface area (Å²) in [6, 6.07) is 28.8. The van der Waals surface area contributed by atoms with Gasteiger partial charge >= 0.3 is 21.3 Å². The summed E-state index contributed by atoms with van der Waals surface area (Å²) in [5.74, 6) is -0.0695. The van der Waals surface area contributed by atoms with Gasteiger partial charge < -0.3 is 15.2 Å². The number of nitrogen functional groups attached to an aromatic ring is 1. The molecule has 2 N–H and O–H groups in total. The van der Waals surface area contributed by atoms with Crippen LogP contribution >= 0.6 is 0 Å². The first-order chi connectivity index (χ1) is 20.0. The summed E-state index contributed by atoms with van der Waals surface area (Å²) in [4.78, 5) is 16.1. The minimum atomic E-state index is -6.01. The Labute approximate surface area is 239 Å². The molecule has 1 aromatic heterocycles. The third-order valence-electron chi connectivity index (χ3n) is 6.88. The number of nitrogens with zero attached hydrogens (tertiary/aromatic N) is 2. The zero-order valence-corrected chi connectivity index (χ0v) is 22.7. The molecule has 0 radical (unpaired) electrons. The average molecular weight is 602 g/mol. The molecule has 3 atom stereocenters. The van der Waals surface area contributed by atoms with Crippen LogP contribution in [-0.2, 0) is 29.4 Å². The highest BCUT2D eigenvalue weighted by Crippen LogP contribution is 2.42. The van der Waals surface area contributed by atoms with Crippen molar-refractivity contribution in [3.8, 4) is 0 Å². The van der Waals surface area contributed by atoms with Crippen LogP contribution < -0.4 is 11.4 Å². The van der Waals surface area contributed by atoms with Gasteiger partial charge in [-0.3, -0.25) is 8.75 Å². The average Bonchev–Trinajstić information content (AvgIpc) is 3.36. The summed E-state index contributed by atoms with van der Waals surface area (Å²) >= 11 is 0. The van der Waals surface area contributed by atoms with Crippen molar-refractivity contribution in [2.45, 2.75) is 36.0 Å². The number of nitrogens with two attached hydrogens (primary N) is 1. The highest BCUT2D eigenvalue weighted by atomic mass is 32.2. The van der Waals surface area contributed by atoms with Gasteiger partial charge in [-0.15, -0.1) is 0 Å². The van der Waals surface area contributed by atoms with E-state index in [-0.39, 0.29) is 5.82 Å². The molecule has 5 rings (SSSR count). The van der Waals surface area contributed by atoms with Crippen molar-refractivity contribution < 1.29 is 35.2 Å². The Morgan fingerprint density at radius 2 is 1.38 bits per heavy atom. The summed E-state index contributed by atoms with van der Waals surface area (Å²) in [6.07, 6.45) is -3.34. The predicted octanol–water partition coefficient (Wildman–Crippen LogP) is 4.36. The van der Waals surface area contributed by atoms with Gasteiger partial charge in [0.1, 0.15) is 29.9 Å². The number of hydrogen-bond acceptors (Lipinski definition) is 8. The first-order valence-corrected chi connectivity index (χ1v) is 14.2. The first-order valence-electron chi connectivity index (χ1n) is 12.8. The Balaban J connectivity index is 1.56. The third-order valence-corrected chi connectivity index (χ3v) is 7.95. The number of anilines is 1. The zero-order chi connectivity index (χ0) is 30.0. The Hall–Kier alpha value is -4.04. The smallest absolute Gasteiger partial charge is 0.383 e. The van der Waals surface area contributed by atoms with Gasteiger partial charge in [-0.1, -0.05) is 91.0 Å². The number of benzene rings is 3. The number of ether oxygens (including phenoxy) is 2. The third kappa shape index (κ3) is 5.81. The molecular formula is C29H26F3N3O6S. The maximum atomic E-state index is 13.3. The summed E-state index contributed by atoms with van der Waals surface area (Å²) < 4.78 is 82.3. The number of halogens is 3. The van der Waals surface area contributed by atoms with Crippen LogP contribution in [0.2, 0.25) is 0 Å². The molecule has 0 bridgehead atoms. The van der Waals surface area contributed by atoms with Crippen molar-refractivity contribution in [3.05, 3.63) is 130 Å². The van der Waals surface area contributed by atoms with E-state index in [1.165, 1.54) is 12.3 Å². The maximum Gasteiger partial charge on any atom is 0.523 e. The molecule has 42 heavy (non-hydrogen) atoms. The summed E-state index contributed by atoms with van der Waals surface area (Å²) in [5.41, 5.74) is -0.102. The van der Waals surface area contributed by atoms with E-state index in [4.69, 9.17) is 15.2 Å². The second-order valence-corrected chi connectivity index (χ2v) is 11.1. The normalized spacial score (nSPS) is 19.5. The van der Waals surface area contributed by atoms with Gasteiger partial charge in [-0.25, -0.2) is 4.79 Å². The quantitative estimate of drug-likeness (QED) is 0.171. The van der Waals surface area contributed by atoms with Crippen molar-refractivity contribution in [2.24, 2.45) is 0 Å². The molecule has 1 saturated heterocycles. The van der Waals surface area contributed by atoms with Gasteiger partial charge in [-0.2, -0.15) is 26.6 Å². The molecule has 4 aromatic rings. The zero-order valence-electron chi connectivity index (χ0n) is 21.9. The van der Waals surface area contributed by atoms with Gasteiger partial charge in [0.15, 0.2) is 0 Å². The molecule has 0 saturated carbocycles. The maximum absolute atomic E-state index is 13.3. The Bertz CT molecular complexity index is 1570. The fraction of sp³-hybridized carbons (Fsp3) is 0.241. The lowest BCUT2D eigenvalue weighted by atomic mass is 9.80. The predicted molar refractivity (Wildman–Crippen MR) is 146 cm³/mol. The number of rotatable bonds is 9. The lowest BCUT2D eigenvalue weighted by molar-refractivity contribution is -0.0960. The fourth-order valence-corrected chi connectivity index (χ4v) is 5.60. The van der Waals surface area contributed by atoms with E-state index >= 15 is 0 Å². The van der Waals surface area contributed by atoms with Crippen molar-refractivity contribution in [2.75, 3.05) is 12.3 Å². The molecule has 1 aliphatic rings. The highest BCUT2D eigenvalue weighted by Gasteiger charge is 2.52. The van der Waals surface area contributed by atoms with Crippen LogP contribution in [0.3, 0.4) is 0 Å². The molecule has 13 heteroatoms. The van der Waals surface area contributed by atoms with Gasteiger partial charge in [0.2, 0.25) is 0 Å². The number of alkyl halides is 3. The standard InChI is InChI=1S/C29H26F3N3O6S/c30-29(31,32)42(37,38)41-23-18-26(35-17-16-25(33)34-27(35)36)40-24(23)19-39-28(20-10-4-1-5-11-20,21-12-6-2-7-13-21)22-14-8-3-9-15-22/h1-17,23-24,26H,18-19H2,(H2,33,34,36)/t23-,24+,26+/m0/s1. The summed E-state index contributed by atoms with van der Waals surface area (Å²) in [6.45, 7) is -0.412. The topological polar surface area (TPSA) is 123 Å². The molecule has 0 amide bonds. The van der Waals surface area contributed by atoms with Crippen molar-refractivity contribution in [3.63, 3.8) is 0 Å². The first kappa shape index (κ1) is 29.5. The SMILES string of the molecule is Nc1ccn([C@H]2C[C@H](OS(=O)(=O)C(F)(F)F)[C@@H](COC(c3ccccc3)(c3ccccc3)c3ccccc3)O2)c(=O)n1. The summed E-state index contributed by atoms with van der Waals surface area (Å²) in [5, 5.41) is 0. The van der Waals surface area contributed by atoms with Crippen LogP contribution in [-0.4, -0.2) is 42.3 Å². The molecular weight excluding hydrogens is 575 g/mol. The Morgan fingerprint density at radius 3 is 1.83 bits per heavy atom. The van der Waals surface area contributed by atoms with Crippen LogP contribution in [0, 0.1) is 0 Å². The van der Waals surface area contributed by atoms with E-state index in [2.05, 4.69) is 9.17 Å². The molecule has 0 spiro atoms. The Kier molecular flexibility index (Phi) is 8.19. The van der Waals surface area contributed by atoms with E-state index in [1.807, 2.05) is 91.0 Å². The van der Waals surface area contributed by atoms with Crippen molar-refractivity contribution in [1.29, 1.82) is 0 Å². The van der Waals surface area contributed by atoms with Crippen LogP contribution in [0.25, 0.3) is 0 Å². The van der Waals surface area contributed by atoms with Gasteiger partial charge in [0, 0.05) is 12.6 Å². The van der Waals surface area contributed by atoms with E-state index in [0.717, 1.165) is 4.57 Å². The van der Waals surface area contributed by atoms with E-state index in [9.17, 15) is 26.4 Å². The monoisotopic (exact) mass is 601 g/mol. The molecule has 0 unspecified atom stereocenters.